The SMILES string of the molecule is O=C(NCCNc1ncc(Cl)cc1Cl)C1CCCN(C(=O)c2cccc3ccccc23)C1. The summed E-state index contributed by atoms with van der Waals surface area (Å²) in [7, 11) is 0. The summed E-state index contributed by atoms with van der Waals surface area (Å²) in [6, 6.07) is 15.2. The van der Waals surface area contributed by atoms with Crippen LogP contribution in [0.4, 0.5) is 5.82 Å². The molecule has 2 aromatic carbocycles. The molecule has 1 aliphatic heterocycles. The van der Waals surface area contributed by atoms with Crippen LogP contribution in [0.2, 0.25) is 10.0 Å². The first-order valence-corrected chi connectivity index (χ1v) is 11.4. The van der Waals surface area contributed by atoms with E-state index < -0.39 is 0 Å². The predicted molar refractivity (Wildman–Crippen MR) is 128 cm³/mol. The molecule has 1 fully saturated rings. The maximum absolute atomic E-state index is 13.2. The summed E-state index contributed by atoms with van der Waals surface area (Å²) < 4.78 is 0. The average Bonchev–Trinajstić information content (AvgIpc) is 2.82. The third kappa shape index (κ3) is 5.14. The van der Waals surface area contributed by atoms with Gasteiger partial charge in [-0.1, -0.05) is 59.6 Å². The van der Waals surface area contributed by atoms with E-state index in [1.54, 1.807) is 11.0 Å². The Hall–Kier alpha value is -2.83. The summed E-state index contributed by atoms with van der Waals surface area (Å²) in [5.74, 6) is 0.233. The lowest BCUT2D eigenvalue weighted by Gasteiger charge is -2.32. The molecule has 0 aliphatic carbocycles. The van der Waals surface area contributed by atoms with Gasteiger partial charge in [-0.05, 0) is 35.7 Å². The largest absolute Gasteiger partial charge is 0.367 e. The second kappa shape index (κ2) is 10.2. The van der Waals surface area contributed by atoms with Crippen LogP contribution in [0.5, 0.6) is 0 Å². The number of nitrogens with zero attached hydrogens (tertiary/aromatic N) is 2. The number of fused-ring (bicyclic) bond motifs is 1. The highest BCUT2D eigenvalue weighted by Crippen LogP contribution is 2.24. The molecular weight excluding hydrogens is 447 g/mol. The van der Waals surface area contributed by atoms with Crippen molar-refractivity contribution in [3.05, 3.63) is 70.3 Å². The lowest BCUT2D eigenvalue weighted by atomic mass is 9.95. The van der Waals surface area contributed by atoms with Crippen LogP contribution in [0.25, 0.3) is 10.8 Å². The zero-order valence-electron chi connectivity index (χ0n) is 17.5. The van der Waals surface area contributed by atoms with Crippen molar-refractivity contribution in [2.75, 3.05) is 31.5 Å². The highest BCUT2D eigenvalue weighted by atomic mass is 35.5. The summed E-state index contributed by atoms with van der Waals surface area (Å²) in [6.45, 7) is 1.98. The third-order valence-electron chi connectivity index (χ3n) is 5.62. The Bertz CT molecular complexity index is 1130. The molecule has 4 rings (SSSR count). The molecule has 32 heavy (non-hydrogen) atoms. The van der Waals surface area contributed by atoms with Gasteiger partial charge in [0.05, 0.1) is 16.0 Å². The van der Waals surface area contributed by atoms with Crippen molar-refractivity contribution in [3.8, 4) is 0 Å². The minimum absolute atomic E-state index is 0.0237. The molecule has 1 saturated heterocycles. The number of halogens is 2. The topological polar surface area (TPSA) is 74.3 Å². The van der Waals surface area contributed by atoms with Gasteiger partial charge in [-0.2, -0.15) is 0 Å². The van der Waals surface area contributed by atoms with Gasteiger partial charge in [0.15, 0.2) is 0 Å². The van der Waals surface area contributed by atoms with E-state index in [4.69, 9.17) is 23.2 Å². The molecule has 2 N–H and O–H groups in total. The average molecular weight is 471 g/mol. The number of carbonyl (C=O) groups excluding carboxylic acids is 2. The number of hydrogen-bond donors (Lipinski definition) is 2. The van der Waals surface area contributed by atoms with E-state index in [0.29, 0.717) is 47.6 Å². The van der Waals surface area contributed by atoms with Crippen LogP contribution >= 0.6 is 23.2 Å². The van der Waals surface area contributed by atoms with Gasteiger partial charge < -0.3 is 15.5 Å². The molecule has 6 nitrogen and oxygen atoms in total. The molecule has 0 bridgehead atoms. The lowest BCUT2D eigenvalue weighted by Crippen LogP contribution is -2.46. The summed E-state index contributed by atoms with van der Waals surface area (Å²) in [5.41, 5.74) is 0.681. The molecular formula is C24H24Cl2N4O2. The van der Waals surface area contributed by atoms with E-state index in [0.717, 1.165) is 23.6 Å². The molecule has 8 heteroatoms. The van der Waals surface area contributed by atoms with E-state index in [9.17, 15) is 9.59 Å². The number of hydrogen-bond acceptors (Lipinski definition) is 4. The molecule has 2 amide bonds. The highest BCUT2D eigenvalue weighted by Gasteiger charge is 2.29. The fourth-order valence-electron chi connectivity index (χ4n) is 4.01. The molecule has 0 saturated carbocycles. The first-order valence-electron chi connectivity index (χ1n) is 10.6. The number of piperidine rings is 1. The van der Waals surface area contributed by atoms with Crippen LogP contribution in [-0.4, -0.2) is 47.9 Å². The maximum Gasteiger partial charge on any atom is 0.254 e. The summed E-state index contributed by atoms with van der Waals surface area (Å²) in [4.78, 5) is 31.8. The summed E-state index contributed by atoms with van der Waals surface area (Å²) in [5, 5.41) is 8.90. The van der Waals surface area contributed by atoms with E-state index >= 15 is 0 Å². The molecule has 1 aromatic heterocycles. The minimum atomic E-state index is -0.222. The molecule has 1 aliphatic rings. The second-order valence-electron chi connectivity index (χ2n) is 7.82. The number of likely N-dealkylation sites (tertiary alicyclic amines) is 1. The van der Waals surface area contributed by atoms with Gasteiger partial charge in [-0.15, -0.1) is 0 Å². The van der Waals surface area contributed by atoms with Crippen molar-refractivity contribution in [1.29, 1.82) is 0 Å². The van der Waals surface area contributed by atoms with Crippen molar-refractivity contribution < 1.29 is 9.59 Å². The number of aromatic nitrogens is 1. The molecule has 166 valence electrons. The lowest BCUT2D eigenvalue weighted by molar-refractivity contribution is -0.126. The monoisotopic (exact) mass is 470 g/mol. The molecule has 2 heterocycles. The fraction of sp³-hybridized carbons (Fsp3) is 0.292. The first-order chi connectivity index (χ1) is 15.5. The Morgan fingerprint density at radius 1 is 1.09 bits per heavy atom. The zero-order valence-corrected chi connectivity index (χ0v) is 19.0. The van der Waals surface area contributed by atoms with Crippen LogP contribution in [0, 0.1) is 5.92 Å². The van der Waals surface area contributed by atoms with Gasteiger partial charge in [0, 0.05) is 37.9 Å². The van der Waals surface area contributed by atoms with Crippen LogP contribution in [0.1, 0.15) is 23.2 Å². The van der Waals surface area contributed by atoms with E-state index in [-0.39, 0.29) is 17.7 Å². The number of anilines is 1. The number of carbonyl (C=O) groups is 2. The molecule has 1 atom stereocenters. The fourth-order valence-corrected chi connectivity index (χ4v) is 4.46. The minimum Gasteiger partial charge on any atom is -0.367 e. The van der Waals surface area contributed by atoms with Crippen LogP contribution in [-0.2, 0) is 4.79 Å². The van der Waals surface area contributed by atoms with Crippen LogP contribution in [0.3, 0.4) is 0 Å². The summed E-state index contributed by atoms with van der Waals surface area (Å²) in [6.07, 6.45) is 3.08. The van der Waals surface area contributed by atoms with Gasteiger partial charge >= 0.3 is 0 Å². The van der Waals surface area contributed by atoms with E-state index in [2.05, 4.69) is 15.6 Å². The van der Waals surface area contributed by atoms with E-state index in [1.807, 2.05) is 42.5 Å². The third-order valence-corrected chi connectivity index (χ3v) is 6.12. The van der Waals surface area contributed by atoms with Gasteiger partial charge in [0.25, 0.3) is 5.91 Å². The van der Waals surface area contributed by atoms with Gasteiger partial charge in [0.2, 0.25) is 5.91 Å². The number of pyridine rings is 1. The van der Waals surface area contributed by atoms with Crippen molar-refractivity contribution in [3.63, 3.8) is 0 Å². The molecule has 3 aromatic rings. The van der Waals surface area contributed by atoms with Crippen molar-refractivity contribution in [2.24, 2.45) is 5.92 Å². The predicted octanol–water partition coefficient (Wildman–Crippen LogP) is 4.62. The Labute approximate surface area is 196 Å². The van der Waals surface area contributed by atoms with Crippen LogP contribution in [0.15, 0.2) is 54.7 Å². The van der Waals surface area contributed by atoms with Gasteiger partial charge in [-0.25, -0.2) is 4.98 Å². The standard InChI is InChI=1S/C24H24Cl2N4O2/c25-18-13-21(26)22(29-14-18)27-10-11-28-23(31)17-7-4-12-30(15-17)24(32)20-9-3-6-16-5-1-2-8-19(16)20/h1-3,5-6,8-9,13-14,17H,4,7,10-12,15H2,(H,27,29)(H,28,31). The van der Waals surface area contributed by atoms with Crippen molar-refractivity contribution >= 4 is 51.6 Å². The summed E-state index contributed by atoms with van der Waals surface area (Å²) >= 11 is 11.9. The Kier molecular flexibility index (Phi) is 7.12. The number of rotatable bonds is 6. The Morgan fingerprint density at radius 2 is 1.91 bits per heavy atom. The maximum atomic E-state index is 13.2. The normalized spacial score (nSPS) is 16.1. The molecule has 1 unspecified atom stereocenters. The molecule has 0 radical (unpaired) electrons. The Balaban J connectivity index is 1.32. The quantitative estimate of drug-likeness (QED) is 0.515. The van der Waals surface area contributed by atoms with Crippen molar-refractivity contribution in [1.82, 2.24) is 15.2 Å². The smallest absolute Gasteiger partial charge is 0.254 e. The van der Waals surface area contributed by atoms with Crippen LogP contribution < -0.4 is 10.6 Å². The Morgan fingerprint density at radius 3 is 2.75 bits per heavy atom. The number of nitrogens with one attached hydrogen (secondary N) is 2. The number of amides is 2. The molecule has 0 spiro atoms. The number of benzene rings is 2. The van der Waals surface area contributed by atoms with Gasteiger partial charge in [-0.3, -0.25) is 9.59 Å². The van der Waals surface area contributed by atoms with Gasteiger partial charge in [0.1, 0.15) is 5.82 Å². The zero-order chi connectivity index (χ0) is 22.5. The van der Waals surface area contributed by atoms with E-state index in [1.165, 1.54) is 6.20 Å². The second-order valence-corrected chi connectivity index (χ2v) is 8.66. The highest BCUT2D eigenvalue weighted by molar-refractivity contribution is 6.35. The first kappa shape index (κ1) is 22.4. The van der Waals surface area contributed by atoms with Crippen molar-refractivity contribution in [2.45, 2.75) is 12.8 Å².